The number of pyridine rings is 1. The van der Waals surface area contributed by atoms with Crippen molar-refractivity contribution < 1.29 is 9.53 Å². The molecule has 25 heavy (non-hydrogen) atoms. The summed E-state index contributed by atoms with van der Waals surface area (Å²) < 4.78 is 5.03. The van der Waals surface area contributed by atoms with Crippen molar-refractivity contribution in [3.8, 4) is 0 Å². The van der Waals surface area contributed by atoms with Gasteiger partial charge < -0.3 is 15.4 Å². The summed E-state index contributed by atoms with van der Waals surface area (Å²) in [6.45, 7) is 7.86. The van der Waals surface area contributed by atoms with Gasteiger partial charge in [-0.2, -0.15) is 0 Å². The molecule has 5 nitrogen and oxygen atoms in total. The van der Waals surface area contributed by atoms with Gasteiger partial charge in [0.25, 0.3) is 5.91 Å². The SMILES string of the molecule is COCCCNc1ccnc(C(=O)Nc2ccccc2C(C)(C)C)c1. The highest BCUT2D eigenvalue weighted by molar-refractivity contribution is 6.03. The summed E-state index contributed by atoms with van der Waals surface area (Å²) in [7, 11) is 1.68. The number of nitrogens with one attached hydrogen (secondary N) is 2. The molecule has 0 bridgehead atoms. The van der Waals surface area contributed by atoms with E-state index in [0.717, 1.165) is 29.9 Å². The van der Waals surface area contributed by atoms with Crippen LogP contribution in [0.1, 0.15) is 43.2 Å². The summed E-state index contributed by atoms with van der Waals surface area (Å²) in [5, 5.41) is 6.26. The van der Waals surface area contributed by atoms with E-state index in [1.165, 1.54) is 0 Å². The van der Waals surface area contributed by atoms with Gasteiger partial charge in [-0.25, -0.2) is 0 Å². The van der Waals surface area contributed by atoms with E-state index in [2.05, 4.69) is 36.4 Å². The Morgan fingerprint density at radius 1 is 1.20 bits per heavy atom. The number of para-hydroxylation sites is 1. The van der Waals surface area contributed by atoms with Crippen molar-refractivity contribution >= 4 is 17.3 Å². The van der Waals surface area contributed by atoms with Gasteiger partial charge in [-0.3, -0.25) is 9.78 Å². The summed E-state index contributed by atoms with van der Waals surface area (Å²) in [4.78, 5) is 16.8. The Morgan fingerprint density at radius 2 is 1.96 bits per heavy atom. The van der Waals surface area contributed by atoms with Crippen LogP contribution in [0.5, 0.6) is 0 Å². The number of nitrogens with zero attached hydrogens (tertiary/aromatic N) is 1. The number of benzene rings is 1. The van der Waals surface area contributed by atoms with Crippen molar-refractivity contribution in [1.82, 2.24) is 4.98 Å². The standard InChI is InChI=1S/C20H27N3O2/c1-20(2,3)16-8-5-6-9-17(16)23-19(24)18-14-15(10-12-22-18)21-11-7-13-25-4/h5-6,8-10,12,14H,7,11,13H2,1-4H3,(H,21,22)(H,23,24). The van der Waals surface area contributed by atoms with Crippen LogP contribution in [0, 0.1) is 0 Å². The van der Waals surface area contributed by atoms with E-state index in [0.29, 0.717) is 12.3 Å². The van der Waals surface area contributed by atoms with E-state index in [1.807, 2.05) is 30.3 Å². The molecule has 0 spiro atoms. The van der Waals surface area contributed by atoms with Gasteiger partial charge in [0.1, 0.15) is 5.69 Å². The van der Waals surface area contributed by atoms with E-state index in [-0.39, 0.29) is 11.3 Å². The van der Waals surface area contributed by atoms with Crippen LogP contribution in [0.4, 0.5) is 11.4 Å². The van der Waals surface area contributed by atoms with E-state index in [9.17, 15) is 4.79 Å². The quantitative estimate of drug-likeness (QED) is 0.745. The van der Waals surface area contributed by atoms with Gasteiger partial charge in [0.2, 0.25) is 0 Å². The lowest BCUT2D eigenvalue weighted by atomic mass is 9.86. The van der Waals surface area contributed by atoms with Gasteiger partial charge in [0.05, 0.1) is 0 Å². The average Bonchev–Trinajstić information content (AvgIpc) is 2.58. The predicted molar refractivity (Wildman–Crippen MR) is 102 cm³/mol. The number of carbonyl (C=O) groups excluding carboxylic acids is 1. The van der Waals surface area contributed by atoms with Crippen molar-refractivity contribution in [2.75, 3.05) is 30.9 Å². The molecule has 0 radical (unpaired) electrons. The molecule has 0 saturated heterocycles. The lowest BCUT2D eigenvalue weighted by Gasteiger charge is -2.23. The fourth-order valence-electron chi connectivity index (χ4n) is 2.55. The number of hydrogen-bond acceptors (Lipinski definition) is 4. The molecule has 2 aromatic rings. The second-order valence-electron chi connectivity index (χ2n) is 6.95. The van der Waals surface area contributed by atoms with Crippen molar-refractivity contribution in [1.29, 1.82) is 0 Å². The van der Waals surface area contributed by atoms with Crippen LogP contribution in [0.15, 0.2) is 42.6 Å². The number of carbonyl (C=O) groups is 1. The molecule has 2 N–H and O–H groups in total. The van der Waals surface area contributed by atoms with Gasteiger partial charge >= 0.3 is 0 Å². The number of hydrogen-bond donors (Lipinski definition) is 2. The third-order valence-electron chi connectivity index (χ3n) is 3.83. The summed E-state index contributed by atoms with van der Waals surface area (Å²) in [6, 6.07) is 11.5. The van der Waals surface area contributed by atoms with Crippen molar-refractivity contribution in [3.05, 3.63) is 53.9 Å². The summed E-state index contributed by atoms with van der Waals surface area (Å²) in [5.41, 5.74) is 3.13. The maximum absolute atomic E-state index is 12.6. The molecule has 1 aromatic heterocycles. The van der Waals surface area contributed by atoms with Gasteiger partial charge in [-0.1, -0.05) is 39.0 Å². The highest BCUT2D eigenvalue weighted by Crippen LogP contribution is 2.29. The van der Waals surface area contributed by atoms with Crippen LogP contribution < -0.4 is 10.6 Å². The largest absolute Gasteiger partial charge is 0.385 e. The first-order chi connectivity index (χ1) is 11.9. The number of amides is 1. The van der Waals surface area contributed by atoms with E-state index in [4.69, 9.17) is 4.74 Å². The third kappa shape index (κ3) is 5.57. The number of ether oxygens (including phenoxy) is 1. The zero-order chi connectivity index (χ0) is 18.3. The minimum Gasteiger partial charge on any atom is -0.385 e. The number of aromatic nitrogens is 1. The monoisotopic (exact) mass is 341 g/mol. The Morgan fingerprint density at radius 3 is 2.68 bits per heavy atom. The molecule has 1 aromatic carbocycles. The third-order valence-corrected chi connectivity index (χ3v) is 3.83. The fourth-order valence-corrected chi connectivity index (χ4v) is 2.55. The summed E-state index contributed by atoms with van der Waals surface area (Å²) in [6.07, 6.45) is 2.54. The molecule has 134 valence electrons. The Bertz CT molecular complexity index is 708. The molecular weight excluding hydrogens is 314 g/mol. The van der Waals surface area contributed by atoms with Crippen LogP contribution in [-0.4, -0.2) is 31.2 Å². The molecule has 1 heterocycles. The summed E-state index contributed by atoms with van der Waals surface area (Å²) in [5.74, 6) is -0.211. The van der Waals surface area contributed by atoms with Gasteiger partial charge in [-0.05, 0) is 35.6 Å². The van der Waals surface area contributed by atoms with Gasteiger partial charge in [0.15, 0.2) is 0 Å². The highest BCUT2D eigenvalue weighted by atomic mass is 16.5. The Labute approximate surface area is 149 Å². The molecule has 5 heteroatoms. The molecular formula is C20H27N3O2. The van der Waals surface area contributed by atoms with Crippen LogP contribution >= 0.6 is 0 Å². The Hall–Kier alpha value is -2.40. The number of methoxy groups -OCH3 is 1. The fraction of sp³-hybridized carbons (Fsp3) is 0.400. The first-order valence-corrected chi connectivity index (χ1v) is 8.51. The van der Waals surface area contributed by atoms with Gasteiger partial charge in [0, 0.05) is 37.8 Å². The van der Waals surface area contributed by atoms with E-state index in [1.54, 1.807) is 19.4 Å². The molecule has 0 aliphatic carbocycles. The van der Waals surface area contributed by atoms with Crippen molar-refractivity contribution in [3.63, 3.8) is 0 Å². The summed E-state index contributed by atoms with van der Waals surface area (Å²) >= 11 is 0. The van der Waals surface area contributed by atoms with E-state index < -0.39 is 0 Å². The molecule has 0 aliphatic rings. The number of anilines is 2. The Kier molecular flexibility index (Phi) is 6.53. The number of rotatable bonds is 7. The second-order valence-corrected chi connectivity index (χ2v) is 6.95. The minimum absolute atomic E-state index is 0.0535. The van der Waals surface area contributed by atoms with Crippen molar-refractivity contribution in [2.45, 2.75) is 32.6 Å². The molecule has 0 aliphatic heterocycles. The molecule has 0 atom stereocenters. The van der Waals surface area contributed by atoms with Crippen LogP contribution in [-0.2, 0) is 10.2 Å². The predicted octanol–water partition coefficient (Wildman–Crippen LogP) is 4.08. The first kappa shape index (κ1) is 18.9. The van der Waals surface area contributed by atoms with Crippen LogP contribution in [0.25, 0.3) is 0 Å². The highest BCUT2D eigenvalue weighted by Gasteiger charge is 2.19. The molecule has 0 fully saturated rings. The molecule has 1 amide bonds. The zero-order valence-corrected chi connectivity index (χ0v) is 15.4. The van der Waals surface area contributed by atoms with Crippen LogP contribution in [0.2, 0.25) is 0 Å². The lowest BCUT2D eigenvalue weighted by Crippen LogP contribution is -2.19. The van der Waals surface area contributed by atoms with Gasteiger partial charge in [-0.15, -0.1) is 0 Å². The smallest absolute Gasteiger partial charge is 0.274 e. The molecule has 2 rings (SSSR count). The minimum atomic E-state index is -0.211. The maximum Gasteiger partial charge on any atom is 0.274 e. The second kappa shape index (κ2) is 8.62. The molecule has 0 saturated carbocycles. The maximum atomic E-state index is 12.6. The zero-order valence-electron chi connectivity index (χ0n) is 15.4. The Balaban J connectivity index is 2.09. The van der Waals surface area contributed by atoms with Crippen molar-refractivity contribution in [2.24, 2.45) is 0 Å². The lowest BCUT2D eigenvalue weighted by molar-refractivity contribution is 0.102. The topological polar surface area (TPSA) is 63.2 Å². The van der Waals surface area contributed by atoms with Crippen LogP contribution in [0.3, 0.4) is 0 Å². The van der Waals surface area contributed by atoms with E-state index >= 15 is 0 Å². The first-order valence-electron chi connectivity index (χ1n) is 8.51. The normalized spacial score (nSPS) is 11.2. The molecule has 0 unspecified atom stereocenters. The average molecular weight is 341 g/mol.